The number of nitrogens with zero attached hydrogens (tertiary/aromatic N) is 1. The molecule has 0 bridgehead atoms. The molecule has 100 valence electrons. The number of ether oxygens (including phenoxy) is 1. The van der Waals surface area contributed by atoms with E-state index in [2.05, 4.69) is 0 Å². The molecule has 0 amide bonds. The van der Waals surface area contributed by atoms with Gasteiger partial charge < -0.3 is 9.84 Å². The maximum Gasteiger partial charge on any atom is 0.334 e. The van der Waals surface area contributed by atoms with Crippen molar-refractivity contribution in [2.75, 3.05) is 20.2 Å². The first-order valence-corrected chi connectivity index (χ1v) is 5.80. The highest BCUT2D eigenvalue weighted by atomic mass is 19.1. The molecule has 0 aliphatic rings. The zero-order valence-electron chi connectivity index (χ0n) is 10.6. The summed E-state index contributed by atoms with van der Waals surface area (Å²) >= 11 is 0. The second kappa shape index (κ2) is 7.08. The fourth-order valence-corrected chi connectivity index (χ4v) is 1.65. The zero-order valence-corrected chi connectivity index (χ0v) is 10.6. The van der Waals surface area contributed by atoms with Gasteiger partial charge in [-0.1, -0.05) is 12.1 Å². The standard InChI is InChI=1S/C13H18FNO3/c1-3-18-12(13(16)17)9-15(2)8-10-4-6-11(14)7-5-10/h4-7,12H,3,8-9H2,1-2H3,(H,16,17). The molecule has 0 saturated carbocycles. The molecule has 0 spiro atoms. The SMILES string of the molecule is CCOC(CN(C)Cc1ccc(F)cc1)C(=O)O. The third kappa shape index (κ3) is 4.81. The largest absolute Gasteiger partial charge is 0.479 e. The van der Waals surface area contributed by atoms with E-state index in [0.717, 1.165) is 5.56 Å². The number of halogens is 1. The molecule has 0 saturated heterocycles. The van der Waals surface area contributed by atoms with Gasteiger partial charge in [0.15, 0.2) is 6.10 Å². The quantitative estimate of drug-likeness (QED) is 0.806. The summed E-state index contributed by atoms with van der Waals surface area (Å²) in [5, 5.41) is 8.95. The topological polar surface area (TPSA) is 49.8 Å². The van der Waals surface area contributed by atoms with Crippen LogP contribution >= 0.6 is 0 Å². The van der Waals surface area contributed by atoms with Gasteiger partial charge >= 0.3 is 5.97 Å². The van der Waals surface area contributed by atoms with E-state index in [1.807, 2.05) is 4.90 Å². The van der Waals surface area contributed by atoms with Crippen LogP contribution in [0.1, 0.15) is 12.5 Å². The van der Waals surface area contributed by atoms with E-state index in [0.29, 0.717) is 19.7 Å². The second-order valence-corrected chi connectivity index (χ2v) is 4.11. The molecule has 18 heavy (non-hydrogen) atoms. The zero-order chi connectivity index (χ0) is 13.5. The molecule has 0 heterocycles. The molecule has 1 rings (SSSR count). The predicted octanol–water partition coefficient (Wildman–Crippen LogP) is 1.75. The van der Waals surface area contributed by atoms with Crippen molar-refractivity contribution in [3.8, 4) is 0 Å². The van der Waals surface area contributed by atoms with Gasteiger partial charge in [-0.15, -0.1) is 0 Å². The van der Waals surface area contributed by atoms with Crippen molar-refractivity contribution < 1.29 is 19.0 Å². The van der Waals surface area contributed by atoms with E-state index in [-0.39, 0.29) is 5.82 Å². The number of carbonyl (C=O) groups is 1. The Labute approximate surface area is 106 Å². The lowest BCUT2D eigenvalue weighted by molar-refractivity contribution is -0.151. The van der Waals surface area contributed by atoms with Gasteiger partial charge in [0.1, 0.15) is 5.82 Å². The van der Waals surface area contributed by atoms with Gasteiger partial charge in [0.05, 0.1) is 0 Å². The molecule has 1 unspecified atom stereocenters. The number of hydrogen-bond acceptors (Lipinski definition) is 3. The molecule has 1 N–H and O–H groups in total. The summed E-state index contributed by atoms with van der Waals surface area (Å²) in [5.41, 5.74) is 0.930. The van der Waals surface area contributed by atoms with Crippen LogP contribution in [0, 0.1) is 5.82 Å². The maximum atomic E-state index is 12.7. The van der Waals surface area contributed by atoms with Crippen molar-refractivity contribution in [2.45, 2.75) is 19.6 Å². The van der Waals surface area contributed by atoms with E-state index >= 15 is 0 Å². The van der Waals surface area contributed by atoms with Crippen molar-refractivity contribution in [1.29, 1.82) is 0 Å². The van der Waals surface area contributed by atoms with E-state index < -0.39 is 12.1 Å². The van der Waals surface area contributed by atoms with Gasteiger partial charge in [0.25, 0.3) is 0 Å². The molecule has 1 atom stereocenters. The van der Waals surface area contributed by atoms with Gasteiger partial charge in [-0.3, -0.25) is 4.90 Å². The van der Waals surface area contributed by atoms with E-state index in [9.17, 15) is 9.18 Å². The number of hydrogen-bond donors (Lipinski definition) is 1. The van der Waals surface area contributed by atoms with Crippen LogP contribution in [-0.2, 0) is 16.1 Å². The van der Waals surface area contributed by atoms with E-state index in [1.54, 1.807) is 26.1 Å². The highest BCUT2D eigenvalue weighted by Gasteiger charge is 2.19. The Morgan fingerprint density at radius 1 is 1.44 bits per heavy atom. The van der Waals surface area contributed by atoms with Crippen LogP contribution in [0.3, 0.4) is 0 Å². The van der Waals surface area contributed by atoms with Crippen LogP contribution in [0.25, 0.3) is 0 Å². The van der Waals surface area contributed by atoms with Crippen molar-refractivity contribution in [3.05, 3.63) is 35.6 Å². The summed E-state index contributed by atoms with van der Waals surface area (Å²) in [5.74, 6) is -1.25. The van der Waals surface area contributed by atoms with E-state index in [4.69, 9.17) is 9.84 Å². The van der Waals surface area contributed by atoms with Gasteiger partial charge in [0, 0.05) is 19.7 Å². The summed E-state index contributed by atoms with van der Waals surface area (Å²) < 4.78 is 17.9. The average Bonchev–Trinajstić information content (AvgIpc) is 2.31. The molecule has 0 aliphatic carbocycles. The van der Waals surface area contributed by atoms with Crippen LogP contribution in [0.5, 0.6) is 0 Å². The molecule has 5 heteroatoms. The summed E-state index contributed by atoms with van der Waals surface area (Å²) in [6, 6.07) is 6.14. The fraction of sp³-hybridized carbons (Fsp3) is 0.462. The van der Waals surface area contributed by atoms with E-state index in [1.165, 1.54) is 12.1 Å². The normalized spacial score (nSPS) is 12.7. The molecular formula is C13H18FNO3. The first-order chi connectivity index (χ1) is 8.52. The van der Waals surface area contributed by atoms with Crippen molar-refractivity contribution in [3.63, 3.8) is 0 Å². The minimum atomic E-state index is -0.970. The Balaban J connectivity index is 2.51. The van der Waals surface area contributed by atoms with Crippen molar-refractivity contribution in [2.24, 2.45) is 0 Å². The number of likely N-dealkylation sites (N-methyl/N-ethyl adjacent to an activating group) is 1. The third-order valence-electron chi connectivity index (χ3n) is 2.49. The summed E-state index contributed by atoms with van der Waals surface area (Å²) in [4.78, 5) is 12.8. The monoisotopic (exact) mass is 255 g/mol. The number of carboxylic acids is 1. The highest BCUT2D eigenvalue weighted by Crippen LogP contribution is 2.06. The van der Waals surface area contributed by atoms with Crippen molar-refractivity contribution in [1.82, 2.24) is 4.90 Å². The minimum Gasteiger partial charge on any atom is -0.479 e. The van der Waals surface area contributed by atoms with Crippen LogP contribution in [-0.4, -0.2) is 42.3 Å². The molecule has 0 fully saturated rings. The lowest BCUT2D eigenvalue weighted by Gasteiger charge is -2.21. The Kier molecular flexibility index (Phi) is 5.74. The Bertz CT molecular complexity index is 380. The minimum absolute atomic E-state index is 0.279. The second-order valence-electron chi connectivity index (χ2n) is 4.11. The summed E-state index contributed by atoms with van der Waals surface area (Å²) in [7, 11) is 1.80. The van der Waals surface area contributed by atoms with Gasteiger partial charge in [0.2, 0.25) is 0 Å². The first-order valence-electron chi connectivity index (χ1n) is 5.80. The fourth-order valence-electron chi connectivity index (χ4n) is 1.65. The Hall–Kier alpha value is -1.46. The van der Waals surface area contributed by atoms with Gasteiger partial charge in [-0.2, -0.15) is 0 Å². The number of carboxylic acid groups (broad SMARTS) is 1. The Morgan fingerprint density at radius 2 is 2.06 bits per heavy atom. The molecule has 0 aliphatic heterocycles. The first kappa shape index (κ1) is 14.6. The Morgan fingerprint density at radius 3 is 2.56 bits per heavy atom. The lowest BCUT2D eigenvalue weighted by atomic mass is 10.2. The lowest BCUT2D eigenvalue weighted by Crippen LogP contribution is -2.36. The van der Waals surface area contributed by atoms with Crippen molar-refractivity contribution >= 4 is 5.97 Å². The predicted molar refractivity (Wildman–Crippen MR) is 65.8 cm³/mol. The average molecular weight is 255 g/mol. The third-order valence-corrected chi connectivity index (χ3v) is 2.49. The van der Waals surface area contributed by atoms with Gasteiger partial charge in [-0.25, -0.2) is 9.18 Å². The number of aliphatic carboxylic acids is 1. The molecule has 4 nitrogen and oxygen atoms in total. The number of benzene rings is 1. The number of rotatable bonds is 7. The van der Waals surface area contributed by atoms with Crippen LogP contribution < -0.4 is 0 Å². The van der Waals surface area contributed by atoms with Crippen LogP contribution in [0.4, 0.5) is 4.39 Å². The molecular weight excluding hydrogens is 237 g/mol. The smallest absolute Gasteiger partial charge is 0.334 e. The molecule has 1 aromatic rings. The van der Waals surface area contributed by atoms with Crippen LogP contribution in [0.2, 0.25) is 0 Å². The molecule has 1 aromatic carbocycles. The maximum absolute atomic E-state index is 12.7. The summed E-state index contributed by atoms with van der Waals surface area (Å²) in [6.07, 6.45) is -0.833. The molecule has 0 radical (unpaired) electrons. The van der Waals surface area contributed by atoms with Crippen LogP contribution in [0.15, 0.2) is 24.3 Å². The highest BCUT2D eigenvalue weighted by molar-refractivity contribution is 5.72. The van der Waals surface area contributed by atoms with Gasteiger partial charge in [-0.05, 0) is 31.7 Å². The molecule has 0 aromatic heterocycles. The summed E-state index contributed by atoms with van der Waals surface area (Å²) in [6.45, 7) is 2.97.